The number of thioether (sulfide) groups is 1. The maximum atomic E-state index is 9.31. The summed E-state index contributed by atoms with van der Waals surface area (Å²) >= 11 is 1.74. The van der Waals surface area contributed by atoms with Crippen molar-refractivity contribution in [1.29, 1.82) is 0 Å². The second-order valence-electron chi connectivity index (χ2n) is 2.38. The summed E-state index contributed by atoms with van der Waals surface area (Å²) in [5, 5.41) is 9.31. The van der Waals surface area contributed by atoms with Crippen LogP contribution in [0.5, 0.6) is 5.75 Å². The fourth-order valence-corrected chi connectivity index (χ4v) is 1.54. The quantitative estimate of drug-likeness (QED) is 0.685. The number of phenolic OH excluding ortho intramolecular Hbond substituents is 1. The van der Waals surface area contributed by atoms with E-state index in [0.29, 0.717) is 5.75 Å². The lowest BCUT2D eigenvalue weighted by Gasteiger charge is -2.01. The Morgan fingerprint density at radius 3 is 2.73 bits per heavy atom. The van der Waals surface area contributed by atoms with Crippen LogP contribution in [0.3, 0.4) is 0 Å². The van der Waals surface area contributed by atoms with E-state index in [9.17, 15) is 5.11 Å². The molecule has 1 nitrogen and oxygen atoms in total. The molecule has 0 aliphatic heterocycles. The normalized spacial score (nSPS) is 10.0. The van der Waals surface area contributed by atoms with Gasteiger partial charge in [0.15, 0.2) is 0 Å². The summed E-state index contributed by atoms with van der Waals surface area (Å²) in [6.45, 7) is 4.00. The zero-order valence-electron chi connectivity index (χ0n) is 6.79. The highest BCUT2D eigenvalue weighted by molar-refractivity contribution is 7.99. The van der Waals surface area contributed by atoms with E-state index in [2.05, 4.69) is 6.92 Å². The van der Waals surface area contributed by atoms with E-state index in [0.717, 1.165) is 16.2 Å². The molecule has 1 N–H and O–H groups in total. The lowest BCUT2D eigenvalue weighted by Crippen LogP contribution is -1.76. The van der Waals surface area contributed by atoms with Crippen LogP contribution in [-0.2, 0) is 0 Å². The van der Waals surface area contributed by atoms with Gasteiger partial charge in [-0.05, 0) is 30.4 Å². The van der Waals surface area contributed by atoms with Gasteiger partial charge in [-0.25, -0.2) is 0 Å². The van der Waals surface area contributed by atoms with Crippen molar-refractivity contribution in [2.75, 3.05) is 5.75 Å². The topological polar surface area (TPSA) is 20.2 Å². The van der Waals surface area contributed by atoms with Crippen molar-refractivity contribution in [1.82, 2.24) is 0 Å². The van der Waals surface area contributed by atoms with E-state index in [1.807, 2.05) is 25.1 Å². The molecule has 0 fully saturated rings. The average Bonchev–Trinajstić information content (AvgIpc) is 1.98. The van der Waals surface area contributed by atoms with Gasteiger partial charge >= 0.3 is 0 Å². The standard InChI is InChI=1S/C9H12OS/c1-3-11-8-5-4-7(2)9(10)6-8/h4-6,10H,3H2,1-2H3. The van der Waals surface area contributed by atoms with Gasteiger partial charge in [-0.2, -0.15) is 0 Å². The molecule has 0 heterocycles. The third kappa shape index (κ3) is 2.15. The Balaban J connectivity index is 2.86. The Bertz CT molecular complexity index is 245. The van der Waals surface area contributed by atoms with E-state index in [4.69, 9.17) is 0 Å². The maximum absolute atomic E-state index is 9.31. The molecule has 0 saturated heterocycles. The first-order chi connectivity index (χ1) is 5.24. The molecule has 11 heavy (non-hydrogen) atoms. The molecule has 0 aliphatic rings. The Labute approximate surface area is 71.4 Å². The van der Waals surface area contributed by atoms with Gasteiger partial charge in [0.25, 0.3) is 0 Å². The molecule has 2 heteroatoms. The lowest BCUT2D eigenvalue weighted by atomic mass is 10.2. The zero-order chi connectivity index (χ0) is 8.27. The fourth-order valence-electron chi connectivity index (χ4n) is 0.846. The predicted molar refractivity (Wildman–Crippen MR) is 49.2 cm³/mol. The van der Waals surface area contributed by atoms with Crippen molar-refractivity contribution in [3.8, 4) is 5.75 Å². The average molecular weight is 168 g/mol. The van der Waals surface area contributed by atoms with Crippen LogP contribution in [0.15, 0.2) is 23.1 Å². The number of hydrogen-bond acceptors (Lipinski definition) is 2. The van der Waals surface area contributed by atoms with Gasteiger partial charge in [-0.3, -0.25) is 0 Å². The van der Waals surface area contributed by atoms with Gasteiger partial charge < -0.3 is 5.11 Å². The molecule has 0 aliphatic carbocycles. The molecule has 0 atom stereocenters. The molecule has 0 radical (unpaired) electrons. The third-order valence-electron chi connectivity index (χ3n) is 1.49. The summed E-state index contributed by atoms with van der Waals surface area (Å²) in [6.07, 6.45) is 0. The predicted octanol–water partition coefficient (Wildman–Crippen LogP) is 2.81. The van der Waals surface area contributed by atoms with Crippen LogP contribution < -0.4 is 0 Å². The highest BCUT2D eigenvalue weighted by atomic mass is 32.2. The van der Waals surface area contributed by atoms with E-state index in [1.54, 1.807) is 11.8 Å². The molecule has 0 spiro atoms. The molecule has 0 aromatic heterocycles. The summed E-state index contributed by atoms with van der Waals surface area (Å²) in [4.78, 5) is 1.13. The third-order valence-corrected chi connectivity index (χ3v) is 2.37. The van der Waals surface area contributed by atoms with Gasteiger partial charge in [-0.1, -0.05) is 13.0 Å². The van der Waals surface area contributed by atoms with Crippen LogP contribution in [0, 0.1) is 6.92 Å². The summed E-state index contributed by atoms with van der Waals surface area (Å²) in [5.41, 5.74) is 0.936. The molecular weight excluding hydrogens is 156 g/mol. The van der Waals surface area contributed by atoms with Crippen LogP contribution in [0.1, 0.15) is 12.5 Å². The maximum Gasteiger partial charge on any atom is 0.119 e. The van der Waals surface area contributed by atoms with Crippen molar-refractivity contribution < 1.29 is 5.11 Å². The smallest absolute Gasteiger partial charge is 0.119 e. The highest BCUT2D eigenvalue weighted by Crippen LogP contribution is 2.24. The summed E-state index contributed by atoms with van der Waals surface area (Å²) in [6, 6.07) is 5.78. The van der Waals surface area contributed by atoms with Gasteiger partial charge in [0.1, 0.15) is 5.75 Å². The SMILES string of the molecule is CCSc1ccc(C)c(O)c1. The monoisotopic (exact) mass is 168 g/mol. The first kappa shape index (κ1) is 8.47. The number of phenols is 1. The number of rotatable bonds is 2. The van der Waals surface area contributed by atoms with Crippen molar-refractivity contribution in [2.45, 2.75) is 18.7 Å². The molecule has 1 aromatic carbocycles. The van der Waals surface area contributed by atoms with Crippen LogP contribution in [-0.4, -0.2) is 10.9 Å². The Morgan fingerprint density at radius 2 is 2.18 bits per heavy atom. The Hall–Kier alpha value is -0.630. The highest BCUT2D eigenvalue weighted by Gasteiger charge is 1.96. The second kappa shape index (κ2) is 3.67. The van der Waals surface area contributed by atoms with Crippen molar-refractivity contribution in [3.63, 3.8) is 0 Å². The number of aryl methyl sites for hydroxylation is 1. The molecule has 0 saturated carbocycles. The van der Waals surface area contributed by atoms with Gasteiger partial charge in [0.05, 0.1) is 0 Å². The van der Waals surface area contributed by atoms with E-state index in [1.165, 1.54) is 0 Å². The van der Waals surface area contributed by atoms with Gasteiger partial charge in [0.2, 0.25) is 0 Å². The minimum Gasteiger partial charge on any atom is -0.508 e. The zero-order valence-corrected chi connectivity index (χ0v) is 7.61. The second-order valence-corrected chi connectivity index (χ2v) is 3.72. The van der Waals surface area contributed by atoms with Crippen LogP contribution >= 0.6 is 11.8 Å². The van der Waals surface area contributed by atoms with Gasteiger partial charge in [-0.15, -0.1) is 11.8 Å². The van der Waals surface area contributed by atoms with E-state index in [-0.39, 0.29) is 0 Å². The van der Waals surface area contributed by atoms with Crippen molar-refractivity contribution in [2.24, 2.45) is 0 Å². The number of hydrogen-bond donors (Lipinski definition) is 1. The number of benzene rings is 1. The van der Waals surface area contributed by atoms with Crippen LogP contribution in [0.4, 0.5) is 0 Å². The fraction of sp³-hybridized carbons (Fsp3) is 0.333. The van der Waals surface area contributed by atoms with Crippen LogP contribution in [0.25, 0.3) is 0 Å². The van der Waals surface area contributed by atoms with E-state index < -0.39 is 0 Å². The molecule has 0 unspecified atom stereocenters. The summed E-state index contributed by atoms with van der Waals surface area (Å²) in [7, 11) is 0. The molecule has 1 rings (SSSR count). The molecular formula is C9H12OS. The first-order valence-corrected chi connectivity index (χ1v) is 4.65. The molecule has 1 aromatic rings. The van der Waals surface area contributed by atoms with Crippen LogP contribution in [0.2, 0.25) is 0 Å². The minimum atomic E-state index is 0.392. The molecule has 0 amide bonds. The lowest BCUT2D eigenvalue weighted by molar-refractivity contribution is 0.469. The summed E-state index contributed by atoms with van der Waals surface area (Å²) < 4.78 is 0. The first-order valence-electron chi connectivity index (χ1n) is 3.66. The number of aromatic hydroxyl groups is 1. The Morgan fingerprint density at radius 1 is 1.45 bits per heavy atom. The molecule has 60 valence electrons. The Kier molecular flexibility index (Phi) is 2.83. The largest absolute Gasteiger partial charge is 0.508 e. The van der Waals surface area contributed by atoms with Gasteiger partial charge in [0, 0.05) is 4.90 Å². The minimum absolute atomic E-state index is 0.392. The molecule has 0 bridgehead atoms. The van der Waals surface area contributed by atoms with Crippen molar-refractivity contribution >= 4 is 11.8 Å². The van der Waals surface area contributed by atoms with E-state index >= 15 is 0 Å². The van der Waals surface area contributed by atoms with Crippen molar-refractivity contribution in [3.05, 3.63) is 23.8 Å². The summed E-state index contributed by atoms with van der Waals surface area (Å²) in [5.74, 6) is 1.44.